The molecule has 0 aliphatic heterocycles. The van der Waals surface area contributed by atoms with E-state index in [1.165, 1.54) is 4.90 Å². The summed E-state index contributed by atoms with van der Waals surface area (Å²) in [7, 11) is 0. The van der Waals surface area contributed by atoms with E-state index in [0.29, 0.717) is 28.9 Å². The lowest BCUT2D eigenvalue weighted by Gasteiger charge is -2.23. The van der Waals surface area contributed by atoms with Crippen LogP contribution in [0.3, 0.4) is 0 Å². The number of carbonyl (C=O) groups is 2. The summed E-state index contributed by atoms with van der Waals surface area (Å²) in [6, 6.07) is 0. The van der Waals surface area contributed by atoms with E-state index in [2.05, 4.69) is 9.97 Å². The van der Waals surface area contributed by atoms with E-state index in [9.17, 15) is 9.59 Å². The molecule has 1 aliphatic rings. The van der Waals surface area contributed by atoms with Gasteiger partial charge in [-0.05, 0) is 19.8 Å². The van der Waals surface area contributed by atoms with Crippen LogP contribution in [0.2, 0.25) is 0 Å². The number of carbonyl (C=O) groups excluding carboxylic acids is 2. The van der Waals surface area contributed by atoms with Crippen LogP contribution in [0.15, 0.2) is 0 Å². The minimum absolute atomic E-state index is 0.148. The van der Waals surface area contributed by atoms with E-state index in [4.69, 9.17) is 17.2 Å². The van der Waals surface area contributed by atoms with E-state index in [0.717, 1.165) is 12.8 Å². The number of primary amides is 2. The van der Waals surface area contributed by atoms with E-state index in [-0.39, 0.29) is 13.1 Å². The third-order valence-corrected chi connectivity index (χ3v) is 3.11. The van der Waals surface area contributed by atoms with Crippen molar-refractivity contribution in [2.75, 3.05) is 23.7 Å². The lowest BCUT2D eigenvalue weighted by molar-refractivity contribution is -0.117. The van der Waals surface area contributed by atoms with Crippen LogP contribution in [-0.4, -0.2) is 34.9 Å². The first-order chi connectivity index (χ1) is 9.38. The fraction of sp³-hybridized carbons (Fsp3) is 0.500. The number of rotatable bonds is 6. The smallest absolute Gasteiger partial charge is 0.237 e. The van der Waals surface area contributed by atoms with Gasteiger partial charge in [0.15, 0.2) is 0 Å². The fourth-order valence-corrected chi connectivity index (χ4v) is 1.95. The van der Waals surface area contributed by atoms with Gasteiger partial charge < -0.3 is 22.1 Å². The average Bonchev–Trinajstić information content (AvgIpc) is 3.14. The molecule has 0 aromatic carbocycles. The predicted octanol–water partition coefficient (Wildman–Crippen LogP) is -0.978. The van der Waals surface area contributed by atoms with Crippen LogP contribution < -0.4 is 22.1 Å². The second-order valence-corrected chi connectivity index (χ2v) is 4.98. The van der Waals surface area contributed by atoms with Crippen molar-refractivity contribution in [1.29, 1.82) is 0 Å². The minimum Gasteiger partial charge on any atom is -0.383 e. The summed E-state index contributed by atoms with van der Waals surface area (Å²) in [6.07, 6.45) is 2.04. The van der Waals surface area contributed by atoms with Crippen molar-refractivity contribution in [3.05, 3.63) is 11.4 Å². The van der Waals surface area contributed by atoms with Gasteiger partial charge in [-0.15, -0.1) is 0 Å². The Morgan fingerprint density at radius 3 is 2.20 bits per heavy atom. The quantitative estimate of drug-likeness (QED) is 0.610. The van der Waals surface area contributed by atoms with Crippen molar-refractivity contribution in [3.8, 4) is 0 Å². The first kappa shape index (κ1) is 14.0. The minimum atomic E-state index is -0.573. The summed E-state index contributed by atoms with van der Waals surface area (Å²) in [5.74, 6) is 0.585. The van der Waals surface area contributed by atoms with Crippen LogP contribution in [-0.2, 0) is 9.59 Å². The zero-order chi connectivity index (χ0) is 14.9. The Morgan fingerprint density at radius 1 is 1.20 bits per heavy atom. The molecule has 0 bridgehead atoms. The number of anilines is 2. The van der Waals surface area contributed by atoms with Crippen LogP contribution in [0, 0.1) is 6.92 Å². The zero-order valence-corrected chi connectivity index (χ0v) is 11.3. The standard InChI is InChI=1S/C12H18N6O2/c1-6-10(15)16-11(7-2-3-7)17-12(6)18(4-8(13)19)5-9(14)20/h7H,2-5H2,1H3,(H2,13,19)(H2,14,20)(H2,15,16,17). The maximum Gasteiger partial charge on any atom is 0.237 e. The third kappa shape index (κ3) is 3.14. The molecule has 1 aromatic rings. The molecule has 2 amide bonds. The molecular formula is C12H18N6O2. The number of aromatic nitrogens is 2. The number of nitrogens with zero attached hydrogens (tertiary/aromatic N) is 3. The Balaban J connectivity index is 2.39. The van der Waals surface area contributed by atoms with Gasteiger partial charge >= 0.3 is 0 Å². The van der Waals surface area contributed by atoms with E-state index >= 15 is 0 Å². The van der Waals surface area contributed by atoms with Crippen LogP contribution in [0.1, 0.15) is 30.1 Å². The Morgan fingerprint density at radius 2 is 1.75 bits per heavy atom. The molecule has 8 heteroatoms. The molecule has 6 N–H and O–H groups in total. The molecule has 108 valence electrons. The molecule has 0 saturated heterocycles. The van der Waals surface area contributed by atoms with Crippen molar-refractivity contribution < 1.29 is 9.59 Å². The van der Waals surface area contributed by atoms with Gasteiger partial charge in [-0.3, -0.25) is 9.59 Å². The zero-order valence-electron chi connectivity index (χ0n) is 11.3. The first-order valence-electron chi connectivity index (χ1n) is 6.34. The summed E-state index contributed by atoms with van der Waals surface area (Å²) < 4.78 is 0. The molecule has 1 saturated carbocycles. The highest BCUT2D eigenvalue weighted by Crippen LogP contribution is 2.39. The Labute approximate surface area is 116 Å². The summed E-state index contributed by atoms with van der Waals surface area (Å²) in [5, 5.41) is 0. The van der Waals surface area contributed by atoms with Gasteiger partial charge in [-0.25, -0.2) is 9.97 Å². The van der Waals surface area contributed by atoms with Crippen molar-refractivity contribution in [1.82, 2.24) is 9.97 Å². The molecule has 0 atom stereocenters. The molecule has 1 fully saturated rings. The van der Waals surface area contributed by atoms with Crippen molar-refractivity contribution in [2.45, 2.75) is 25.7 Å². The van der Waals surface area contributed by atoms with Gasteiger partial charge in [-0.1, -0.05) is 0 Å². The van der Waals surface area contributed by atoms with Crippen molar-refractivity contribution >= 4 is 23.5 Å². The molecule has 1 heterocycles. The molecule has 1 aromatic heterocycles. The normalized spacial score (nSPS) is 14.1. The van der Waals surface area contributed by atoms with Crippen LogP contribution in [0.25, 0.3) is 0 Å². The lowest BCUT2D eigenvalue weighted by Crippen LogP contribution is -2.40. The van der Waals surface area contributed by atoms with Gasteiger partial charge in [0.1, 0.15) is 17.5 Å². The number of nitrogens with two attached hydrogens (primary N) is 3. The Kier molecular flexibility index (Phi) is 3.73. The van der Waals surface area contributed by atoms with Gasteiger partial charge in [-0.2, -0.15) is 0 Å². The summed E-state index contributed by atoms with van der Waals surface area (Å²) in [6.45, 7) is 1.44. The average molecular weight is 278 g/mol. The third-order valence-electron chi connectivity index (χ3n) is 3.11. The lowest BCUT2D eigenvalue weighted by atomic mass is 10.2. The molecule has 20 heavy (non-hydrogen) atoms. The largest absolute Gasteiger partial charge is 0.383 e. The fourth-order valence-electron chi connectivity index (χ4n) is 1.95. The monoisotopic (exact) mass is 278 g/mol. The van der Waals surface area contributed by atoms with E-state index in [1.807, 2.05) is 0 Å². The maximum atomic E-state index is 11.1. The van der Waals surface area contributed by atoms with Gasteiger partial charge in [0, 0.05) is 11.5 Å². The summed E-state index contributed by atoms with van der Waals surface area (Å²) >= 11 is 0. The second-order valence-electron chi connectivity index (χ2n) is 4.98. The highest BCUT2D eigenvalue weighted by molar-refractivity contribution is 5.85. The number of hydrogen-bond acceptors (Lipinski definition) is 6. The highest BCUT2D eigenvalue weighted by atomic mass is 16.2. The SMILES string of the molecule is Cc1c(N)nc(C2CC2)nc1N(CC(N)=O)CC(N)=O. The van der Waals surface area contributed by atoms with E-state index in [1.54, 1.807) is 6.92 Å². The van der Waals surface area contributed by atoms with Crippen molar-refractivity contribution in [2.24, 2.45) is 11.5 Å². The predicted molar refractivity (Wildman–Crippen MR) is 73.8 cm³/mol. The Hall–Kier alpha value is -2.38. The maximum absolute atomic E-state index is 11.1. The van der Waals surface area contributed by atoms with Gasteiger partial charge in [0.05, 0.1) is 13.1 Å². The second kappa shape index (κ2) is 5.32. The van der Waals surface area contributed by atoms with Crippen LogP contribution in [0.4, 0.5) is 11.6 Å². The highest BCUT2D eigenvalue weighted by Gasteiger charge is 2.29. The molecule has 2 rings (SSSR count). The van der Waals surface area contributed by atoms with Crippen molar-refractivity contribution in [3.63, 3.8) is 0 Å². The van der Waals surface area contributed by atoms with Gasteiger partial charge in [0.2, 0.25) is 11.8 Å². The molecule has 1 aliphatic carbocycles. The topological polar surface area (TPSA) is 141 Å². The summed E-state index contributed by atoms with van der Waals surface area (Å²) in [4.78, 5) is 32.4. The molecule has 0 radical (unpaired) electrons. The summed E-state index contributed by atoms with van der Waals surface area (Å²) in [5.41, 5.74) is 16.9. The van der Waals surface area contributed by atoms with Crippen LogP contribution >= 0.6 is 0 Å². The first-order valence-corrected chi connectivity index (χ1v) is 6.34. The molecule has 0 spiro atoms. The van der Waals surface area contributed by atoms with E-state index < -0.39 is 11.8 Å². The number of hydrogen-bond donors (Lipinski definition) is 3. The van der Waals surface area contributed by atoms with Gasteiger partial charge in [0.25, 0.3) is 0 Å². The molecule has 8 nitrogen and oxygen atoms in total. The molecular weight excluding hydrogens is 260 g/mol. The Bertz CT molecular complexity index is 539. The molecule has 0 unspecified atom stereocenters. The van der Waals surface area contributed by atoms with Crippen LogP contribution in [0.5, 0.6) is 0 Å². The number of nitrogen functional groups attached to an aromatic ring is 1. The number of amides is 2.